The summed E-state index contributed by atoms with van der Waals surface area (Å²) in [6.45, 7) is 4.25. The molecule has 0 heterocycles. The van der Waals surface area contributed by atoms with Gasteiger partial charge >= 0.3 is 11.8 Å². The Morgan fingerprint density at radius 1 is 0.889 bits per heavy atom. The van der Waals surface area contributed by atoms with E-state index in [1.54, 1.807) is 6.07 Å². The zero-order chi connectivity index (χ0) is 19.2. The molecule has 136 valence electrons. The first-order valence-corrected chi connectivity index (χ1v) is 8.76. The van der Waals surface area contributed by atoms with Gasteiger partial charge in [0.25, 0.3) is 0 Å². The first-order chi connectivity index (χ1) is 13.0. The molecule has 0 atom stereocenters. The van der Waals surface area contributed by atoms with E-state index in [0.29, 0.717) is 11.6 Å². The Morgan fingerprint density at radius 2 is 1.59 bits per heavy atom. The number of anilines is 1. The average molecular weight is 359 g/mol. The molecule has 0 aliphatic heterocycles. The third kappa shape index (κ3) is 4.58. The van der Waals surface area contributed by atoms with Gasteiger partial charge in [0.15, 0.2) is 0 Å². The van der Waals surface area contributed by atoms with E-state index in [-0.39, 0.29) is 0 Å². The van der Waals surface area contributed by atoms with Crippen molar-refractivity contribution in [1.82, 2.24) is 5.43 Å². The molecule has 5 nitrogen and oxygen atoms in total. The van der Waals surface area contributed by atoms with Gasteiger partial charge in [-0.05, 0) is 28.5 Å². The van der Waals surface area contributed by atoms with E-state index in [4.69, 9.17) is 0 Å². The first kappa shape index (κ1) is 18.3. The number of amides is 2. The molecular weight excluding hydrogens is 338 g/mol. The topological polar surface area (TPSA) is 70.6 Å². The Kier molecular flexibility index (Phi) is 5.61. The molecule has 0 saturated heterocycles. The van der Waals surface area contributed by atoms with Crippen LogP contribution in [0, 0.1) is 0 Å². The van der Waals surface area contributed by atoms with Crippen LogP contribution in [0.15, 0.2) is 71.8 Å². The summed E-state index contributed by atoms with van der Waals surface area (Å²) in [5.41, 5.74) is 4.91. The molecule has 0 aliphatic rings. The highest BCUT2D eigenvalue weighted by molar-refractivity contribution is 6.40. The lowest BCUT2D eigenvalue weighted by atomic mass is 10.0. The first-order valence-electron chi connectivity index (χ1n) is 8.76. The number of nitrogens with zero attached hydrogens (tertiary/aromatic N) is 1. The molecule has 2 amide bonds. The number of rotatable bonds is 4. The van der Waals surface area contributed by atoms with Gasteiger partial charge in [-0.15, -0.1) is 0 Å². The SMILES string of the molecule is CC(C)c1ccc(/C=N\NC(=O)C(=O)Nc2cccc3ccccc23)cc1. The number of fused-ring (bicyclic) bond motifs is 1. The fraction of sp³-hybridized carbons (Fsp3) is 0.136. The molecule has 0 spiro atoms. The predicted octanol–water partition coefficient (Wildman–Crippen LogP) is 4.05. The second-order valence-electron chi connectivity index (χ2n) is 6.50. The Morgan fingerprint density at radius 3 is 2.33 bits per heavy atom. The van der Waals surface area contributed by atoms with Gasteiger partial charge in [-0.3, -0.25) is 9.59 Å². The van der Waals surface area contributed by atoms with Gasteiger partial charge in [0.05, 0.1) is 6.21 Å². The van der Waals surface area contributed by atoms with E-state index in [0.717, 1.165) is 16.3 Å². The molecule has 2 N–H and O–H groups in total. The quantitative estimate of drug-likeness (QED) is 0.419. The molecule has 0 bridgehead atoms. The molecule has 0 saturated carbocycles. The van der Waals surface area contributed by atoms with E-state index in [2.05, 4.69) is 29.7 Å². The molecular formula is C22H21N3O2. The molecule has 0 unspecified atom stereocenters. The van der Waals surface area contributed by atoms with E-state index < -0.39 is 11.8 Å². The third-order valence-corrected chi connectivity index (χ3v) is 4.23. The zero-order valence-corrected chi connectivity index (χ0v) is 15.3. The van der Waals surface area contributed by atoms with Gasteiger partial charge in [-0.2, -0.15) is 5.10 Å². The van der Waals surface area contributed by atoms with Crippen LogP contribution in [0.1, 0.15) is 30.9 Å². The lowest BCUT2D eigenvalue weighted by Crippen LogP contribution is -2.32. The molecule has 0 fully saturated rings. The molecule has 0 aliphatic carbocycles. The number of hydrogen-bond donors (Lipinski definition) is 2. The van der Waals surface area contributed by atoms with E-state index in [1.807, 2.05) is 60.7 Å². The highest BCUT2D eigenvalue weighted by Gasteiger charge is 2.14. The largest absolute Gasteiger partial charge is 0.329 e. The van der Waals surface area contributed by atoms with Crippen LogP contribution in [-0.2, 0) is 9.59 Å². The van der Waals surface area contributed by atoms with Crippen LogP contribution < -0.4 is 10.7 Å². The van der Waals surface area contributed by atoms with Crippen molar-refractivity contribution in [2.24, 2.45) is 5.10 Å². The van der Waals surface area contributed by atoms with Crippen LogP contribution in [0.4, 0.5) is 5.69 Å². The Hall–Kier alpha value is -3.47. The van der Waals surface area contributed by atoms with Gasteiger partial charge in [0, 0.05) is 11.1 Å². The third-order valence-electron chi connectivity index (χ3n) is 4.23. The second kappa shape index (κ2) is 8.27. The van der Waals surface area contributed by atoms with Gasteiger partial charge in [-0.25, -0.2) is 5.43 Å². The maximum atomic E-state index is 12.1. The van der Waals surface area contributed by atoms with Crippen molar-refractivity contribution in [3.8, 4) is 0 Å². The summed E-state index contributed by atoms with van der Waals surface area (Å²) in [4.78, 5) is 24.1. The van der Waals surface area contributed by atoms with Crippen molar-refractivity contribution < 1.29 is 9.59 Å². The summed E-state index contributed by atoms with van der Waals surface area (Å²) < 4.78 is 0. The highest BCUT2D eigenvalue weighted by atomic mass is 16.2. The van der Waals surface area contributed by atoms with Crippen molar-refractivity contribution >= 4 is 34.5 Å². The predicted molar refractivity (Wildman–Crippen MR) is 109 cm³/mol. The minimum absolute atomic E-state index is 0.452. The molecule has 0 aromatic heterocycles. The monoisotopic (exact) mass is 359 g/mol. The zero-order valence-electron chi connectivity index (χ0n) is 15.3. The van der Waals surface area contributed by atoms with Crippen molar-refractivity contribution in [3.63, 3.8) is 0 Å². The van der Waals surface area contributed by atoms with E-state index in [9.17, 15) is 9.59 Å². The summed E-state index contributed by atoms with van der Waals surface area (Å²) in [5.74, 6) is -1.13. The van der Waals surface area contributed by atoms with Crippen LogP contribution in [0.3, 0.4) is 0 Å². The number of hydrazone groups is 1. The fourth-order valence-electron chi connectivity index (χ4n) is 2.70. The standard InChI is InChI=1S/C22H21N3O2/c1-15(2)17-12-10-16(11-13-17)14-23-25-22(27)21(26)24-20-9-5-7-18-6-3-4-8-19(18)20/h3-15H,1-2H3,(H,24,26)(H,25,27)/b23-14-. The number of hydrogen-bond acceptors (Lipinski definition) is 3. The number of benzene rings is 3. The van der Waals surface area contributed by atoms with Crippen LogP contribution in [0.5, 0.6) is 0 Å². The normalized spacial score (nSPS) is 11.1. The van der Waals surface area contributed by atoms with Crippen LogP contribution in [-0.4, -0.2) is 18.0 Å². The smallest absolute Gasteiger partial charge is 0.317 e. The Balaban J connectivity index is 1.61. The molecule has 3 aromatic rings. The average Bonchev–Trinajstić information content (AvgIpc) is 2.68. The number of carbonyl (C=O) groups excluding carboxylic acids is 2. The second-order valence-corrected chi connectivity index (χ2v) is 6.50. The maximum Gasteiger partial charge on any atom is 0.329 e. The van der Waals surface area contributed by atoms with Crippen molar-refractivity contribution in [2.75, 3.05) is 5.32 Å². The van der Waals surface area contributed by atoms with Crippen LogP contribution in [0.25, 0.3) is 10.8 Å². The summed E-state index contributed by atoms with van der Waals surface area (Å²) in [6, 6.07) is 21.0. The van der Waals surface area contributed by atoms with Gasteiger partial charge < -0.3 is 5.32 Å². The Bertz CT molecular complexity index is 987. The number of nitrogens with one attached hydrogen (secondary N) is 2. The van der Waals surface area contributed by atoms with Gasteiger partial charge in [-0.1, -0.05) is 74.5 Å². The van der Waals surface area contributed by atoms with Gasteiger partial charge in [0.2, 0.25) is 0 Å². The van der Waals surface area contributed by atoms with E-state index >= 15 is 0 Å². The summed E-state index contributed by atoms with van der Waals surface area (Å²) in [6.07, 6.45) is 1.51. The van der Waals surface area contributed by atoms with Crippen molar-refractivity contribution in [2.45, 2.75) is 19.8 Å². The summed E-state index contributed by atoms with van der Waals surface area (Å²) in [7, 11) is 0. The minimum atomic E-state index is -0.821. The lowest BCUT2D eigenvalue weighted by molar-refractivity contribution is -0.136. The molecule has 3 rings (SSSR count). The maximum absolute atomic E-state index is 12.1. The van der Waals surface area contributed by atoms with Crippen LogP contribution >= 0.6 is 0 Å². The minimum Gasteiger partial charge on any atom is -0.317 e. The molecule has 3 aromatic carbocycles. The van der Waals surface area contributed by atoms with Crippen LogP contribution in [0.2, 0.25) is 0 Å². The fourth-order valence-corrected chi connectivity index (χ4v) is 2.70. The Labute approximate surface area is 158 Å². The van der Waals surface area contributed by atoms with E-state index in [1.165, 1.54) is 11.8 Å². The number of carbonyl (C=O) groups is 2. The molecule has 0 radical (unpaired) electrons. The summed E-state index contributed by atoms with van der Waals surface area (Å²) >= 11 is 0. The lowest BCUT2D eigenvalue weighted by Gasteiger charge is -2.07. The molecule has 27 heavy (non-hydrogen) atoms. The van der Waals surface area contributed by atoms with Crippen molar-refractivity contribution in [1.29, 1.82) is 0 Å². The molecule has 5 heteroatoms. The van der Waals surface area contributed by atoms with Crippen molar-refractivity contribution in [3.05, 3.63) is 77.9 Å². The highest BCUT2D eigenvalue weighted by Crippen LogP contribution is 2.22. The summed E-state index contributed by atoms with van der Waals surface area (Å²) in [5, 5.41) is 8.34. The van der Waals surface area contributed by atoms with Gasteiger partial charge in [0.1, 0.15) is 0 Å².